The van der Waals surface area contributed by atoms with E-state index < -0.39 is 10.9 Å². The smallest absolute Gasteiger partial charge is 0.248 e. The van der Waals surface area contributed by atoms with Gasteiger partial charge in [-0.3, -0.25) is 9.59 Å². The number of fused-ring (bicyclic) bond motifs is 1. The minimum absolute atomic E-state index is 0.0689. The molecular formula is C21H22N2O2S. The molecule has 0 aromatic heterocycles. The molecule has 0 bridgehead atoms. The van der Waals surface area contributed by atoms with Gasteiger partial charge in [0.2, 0.25) is 11.8 Å². The second-order valence-electron chi connectivity index (χ2n) is 7.11. The van der Waals surface area contributed by atoms with Gasteiger partial charge in [-0.05, 0) is 49.1 Å². The van der Waals surface area contributed by atoms with E-state index in [1.54, 1.807) is 11.8 Å². The van der Waals surface area contributed by atoms with Gasteiger partial charge in [-0.1, -0.05) is 36.4 Å². The van der Waals surface area contributed by atoms with Gasteiger partial charge in [0.05, 0.1) is 0 Å². The Morgan fingerprint density at radius 2 is 1.85 bits per heavy atom. The number of nitrogens with zero attached hydrogens (tertiary/aromatic N) is 1. The predicted molar refractivity (Wildman–Crippen MR) is 105 cm³/mol. The van der Waals surface area contributed by atoms with E-state index in [1.807, 2.05) is 49.1 Å². The normalized spacial score (nSPS) is 24.6. The zero-order chi connectivity index (χ0) is 18.3. The summed E-state index contributed by atoms with van der Waals surface area (Å²) in [7, 11) is 0. The van der Waals surface area contributed by atoms with Crippen LogP contribution >= 0.6 is 11.8 Å². The van der Waals surface area contributed by atoms with Gasteiger partial charge in [0.25, 0.3) is 0 Å². The van der Waals surface area contributed by atoms with E-state index in [-0.39, 0.29) is 11.8 Å². The summed E-state index contributed by atoms with van der Waals surface area (Å²) in [4.78, 5) is 27.0. The van der Waals surface area contributed by atoms with Gasteiger partial charge in [0.15, 0.2) is 0 Å². The van der Waals surface area contributed by atoms with Gasteiger partial charge >= 0.3 is 0 Å². The van der Waals surface area contributed by atoms with Gasteiger partial charge in [-0.2, -0.15) is 0 Å². The molecule has 2 saturated heterocycles. The lowest BCUT2D eigenvalue weighted by atomic mass is 10.0. The first-order valence-electron chi connectivity index (χ1n) is 8.90. The summed E-state index contributed by atoms with van der Waals surface area (Å²) in [5.41, 5.74) is 4.12. The Morgan fingerprint density at radius 1 is 1.15 bits per heavy atom. The molecule has 4 nitrogen and oxygen atoms in total. The van der Waals surface area contributed by atoms with Gasteiger partial charge in [-0.15, -0.1) is 11.8 Å². The molecular weight excluding hydrogens is 344 g/mol. The van der Waals surface area contributed by atoms with E-state index in [9.17, 15) is 9.59 Å². The maximum atomic E-state index is 13.0. The molecule has 0 aliphatic carbocycles. The monoisotopic (exact) mass is 366 g/mol. The number of aryl methyl sites for hydroxylation is 2. The fourth-order valence-electron chi connectivity index (χ4n) is 4.11. The minimum Gasteiger partial charge on any atom is -0.324 e. The van der Waals surface area contributed by atoms with E-state index >= 15 is 0 Å². The summed E-state index contributed by atoms with van der Waals surface area (Å²) in [6.07, 6.45) is 1.25. The topological polar surface area (TPSA) is 49.4 Å². The number of rotatable bonds is 3. The number of nitrogens with one attached hydrogen (secondary N) is 1. The molecule has 2 amide bonds. The Labute approximate surface area is 158 Å². The summed E-state index contributed by atoms with van der Waals surface area (Å²) >= 11 is 1.71. The molecule has 134 valence electrons. The number of thioether (sulfide) groups is 1. The Bertz CT molecular complexity index is 847. The molecule has 2 fully saturated rings. The Morgan fingerprint density at radius 3 is 2.54 bits per heavy atom. The first-order valence-corrected chi connectivity index (χ1v) is 9.89. The highest BCUT2D eigenvalue weighted by molar-refractivity contribution is 8.00. The van der Waals surface area contributed by atoms with Crippen molar-refractivity contribution in [2.45, 2.75) is 37.6 Å². The SMILES string of the molecule is Cc1cc(C)cc(NC(=O)[C@H]2CS[C@@]3(c4ccccc4)CCC(=O)N23)c1. The first-order chi connectivity index (χ1) is 12.5. The largest absolute Gasteiger partial charge is 0.324 e. The third-order valence-corrected chi connectivity index (χ3v) is 6.74. The van der Waals surface area contributed by atoms with Crippen LogP contribution in [0, 0.1) is 13.8 Å². The van der Waals surface area contributed by atoms with Crippen molar-refractivity contribution in [3.8, 4) is 0 Å². The van der Waals surface area contributed by atoms with Crippen LogP contribution in [0.5, 0.6) is 0 Å². The summed E-state index contributed by atoms with van der Waals surface area (Å²) in [5.74, 6) is 0.590. The van der Waals surface area contributed by atoms with E-state index in [4.69, 9.17) is 0 Å². The average Bonchev–Trinajstić information content (AvgIpc) is 3.14. The fourth-order valence-corrected chi connectivity index (χ4v) is 5.76. The van der Waals surface area contributed by atoms with Crippen LogP contribution in [-0.2, 0) is 14.5 Å². The molecule has 0 spiro atoms. The number of hydrogen-bond donors (Lipinski definition) is 1. The van der Waals surface area contributed by atoms with Crippen LogP contribution in [0.4, 0.5) is 5.69 Å². The number of anilines is 1. The number of carbonyl (C=O) groups is 2. The highest BCUT2D eigenvalue weighted by Crippen LogP contribution is 2.54. The third-order valence-electron chi connectivity index (χ3n) is 5.14. The molecule has 2 aromatic carbocycles. The van der Waals surface area contributed by atoms with Crippen LogP contribution in [0.25, 0.3) is 0 Å². The highest BCUT2D eigenvalue weighted by Gasteiger charge is 2.56. The zero-order valence-electron chi connectivity index (χ0n) is 15.0. The lowest BCUT2D eigenvalue weighted by molar-refractivity contribution is -0.136. The third kappa shape index (κ3) is 2.80. The summed E-state index contributed by atoms with van der Waals surface area (Å²) < 4.78 is 0. The van der Waals surface area contributed by atoms with Crippen LogP contribution in [0.1, 0.15) is 29.5 Å². The predicted octanol–water partition coefficient (Wildman–Crippen LogP) is 3.83. The molecule has 2 aliphatic rings. The Hall–Kier alpha value is -2.27. The Balaban J connectivity index is 1.62. The summed E-state index contributed by atoms with van der Waals surface area (Å²) in [6, 6.07) is 15.6. The second-order valence-corrected chi connectivity index (χ2v) is 8.40. The maximum Gasteiger partial charge on any atom is 0.248 e. The second kappa shape index (κ2) is 6.47. The van der Waals surface area contributed by atoms with E-state index in [2.05, 4.69) is 23.5 Å². The molecule has 1 N–H and O–H groups in total. The van der Waals surface area contributed by atoms with E-state index in [0.717, 1.165) is 28.8 Å². The molecule has 5 heteroatoms. The van der Waals surface area contributed by atoms with Crippen molar-refractivity contribution in [3.63, 3.8) is 0 Å². The van der Waals surface area contributed by atoms with Crippen LogP contribution < -0.4 is 5.32 Å². The molecule has 4 rings (SSSR count). The maximum absolute atomic E-state index is 13.0. The van der Waals surface area contributed by atoms with Crippen molar-refractivity contribution >= 4 is 29.3 Å². The number of hydrogen-bond acceptors (Lipinski definition) is 3. The van der Waals surface area contributed by atoms with Crippen molar-refractivity contribution in [1.29, 1.82) is 0 Å². The van der Waals surface area contributed by atoms with Gasteiger partial charge in [0.1, 0.15) is 10.9 Å². The van der Waals surface area contributed by atoms with Gasteiger partial charge in [0, 0.05) is 17.9 Å². The molecule has 2 aromatic rings. The number of benzene rings is 2. The number of amides is 2. The van der Waals surface area contributed by atoms with Crippen molar-refractivity contribution in [1.82, 2.24) is 4.90 Å². The van der Waals surface area contributed by atoms with Crippen molar-refractivity contribution in [2.75, 3.05) is 11.1 Å². The fraction of sp³-hybridized carbons (Fsp3) is 0.333. The quantitative estimate of drug-likeness (QED) is 0.898. The van der Waals surface area contributed by atoms with Crippen molar-refractivity contribution in [3.05, 3.63) is 65.2 Å². The molecule has 2 aliphatic heterocycles. The zero-order valence-corrected chi connectivity index (χ0v) is 15.8. The summed E-state index contributed by atoms with van der Waals surface area (Å²) in [5, 5.41) is 3.02. The van der Waals surface area contributed by atoms with Crippen LogP contribution in [0.3, 0.4) is 0 Å². The van der Waals surface area contributed by atoms with Crippen LogP contribution in [0.2, 0.25) is 0 Å². The molecule has 26 heavy (non-hydrogen) atoms. The molecule has 2 atom stereocenters. The van der Waals surface area contributed by atoms with E-state index in [1.165, 1.54) is 0 Å². The van der Waals surface area contributed by atoms with Gasteiger partial charge in [-0.25, -0.2) is 0 Å². The lowest BCUT2D eigenvalue weighted by Crippen LogP contribution is -2.48. The first kappa shape index (κ1) is 17.2. The highest BCUT2D eigenvalue weighted by atomic mass is 32.2. The molecule has 2 heterocycles. The Kier molecular flexibility index (Phi) is 4.27. The van der Waals surface area contributed by atoms with Crippen LogP contribution in [-0.4, -0.2) is 28.5 Å². The molecule has 0 radical (unpaired) electrons. The average molecular weight is 366 g/mol. The lowest BCUT2D eigenvalue weighted by Gasteiger charge is -2.34. The minimum atomic E-state index is -0.434. The standard InChI is InChI=1S/C21H22N2O2S/c1-14-10-15(2)12-17(11-14)22-20(25)18-13-26-21(9-8-19(24)23(18)21)16-6-4-3-5-7-16/h3-7,10-12,18H,8-9,13H2,1-2H3,(H,22,25)/t18-,21-/m1/s1. The van der Waals surface area contributed by atoms with Gasteiger partial charge < -0.3 is 10.2 Å². The van der Waals surface area contributed by atoms with Crippen LogP contribution in [0.15, 0.2) is 48.5 Å². The van der Waals surface area contributed by atoms with Crippen molar-refractivity contribution in [2.24, 2.45) is 0 Å². The molecule has 0 saturated carbocycles. The number of carbonyl (C=O) groups excluding carboxylic acids is 2. The summed E-state index contributed by atoms with van der Waals surface area (Å²) in [6.45, 7) is 4.02. The molecule has 0 unspecified atom stereocenters. The van der Waals surface area contributed by atoms with E-state index in [0.29, 0.717) is 12.2 Å². The van der Waals surface area contributed by atoms with Crippen molar-refractivity contribution < 1.29 is 9.59 Å².